The molecule has 6 heteroatoms. The normalized spacial score (nSPS) is 19.4. The van der Waals surface area contributed by atoms with Gasteiger partial charge in [0.15, 0.2) is 0 Å². The van der Waals surface area contributed by atoms with Crippen molar-refractivity contribution in [3.63, 3.8) is 0 Å². The van der Waals surface area contributed by atoms with Crippen molar-refractivity contribution >= 4 is 17.6 Å². The molecule has 2 aromatic rings. The molecule has 0 bridgehead atoms. The first-order valence-corrected chi connectivity index (χ1v) is 8.82. The van der Waals surface area contributed by atoms with E-state index in [2.05, 4.69) is 15.6 Å². The van der Waals surface area contributed by atoms with E-state index in [1.807, 2.05) is 18.2 Å². The largest absolute Gasteiger partial charge is 0.497 e. The van der Waals surface area contributed by atoms with Gasteiger partial charge in [-0.05, 0) is 56.0 Å². The molecule has 1 aliphatic rings. The number of nitrogens with one attached hydrogen (secondary N) is 2. The fraction of sp³-hybridized carbons (Fsp3) is 0.350. The zero-order valence-corrected chi connectivity index (χ0v) is 14.8. The van der Waals surface area contributed by atoms with E-state index in [4.69, 9.17) is 4.74 Å². The molecular formula is C20H23N3O3. The average Bonchev–Trinajstić information content (AvgIpc) is 2.69. The van der Waals surface area contributed by atoms with Crippen molar-refractivity contribution < 1.29 is 14.3 Å². The summed E-state index contributed by atoms with van der Waals surface area (Å²) in [6, 6.07) is 12.6. The minimum Gasteiger partial charge on any atom is -0.497 e. The van der Waals surface area contributed by atoms with Crippen molar-refractivity contribution in [2.24, 2.45) is 5.92 Å². The first-order valence-electron chi connectivity index (χ1n) is 8.82. The zero-order chi connectivity index (χ0) is 18.4. The highest BCUT2D eigenvalue weighted by Crippen LogP contribution is 2.26. The standard InChI is InChI=1S/C20H23N3O3/c1-26-17-6-4-5-15(13-17)20(25)22-16-10-8-14(9-11-16)19(24)23-18-7-2-3-12-21-18/h2-7,12-14,16H,8-11H2,1H3,(H,22,25)(H,21,23,24). The van der Waals surface area contributed by atoms with Crippen LogP contribution < -0.4 is 15.4 Å². The molecule has 1 aromatic carbocycles. The molecule has 1 heterocycles. The Balaban J connectivity index is 1.49. The molecule has 136 valence electrons. The van der Waals surface area contributed by atoms with Gasteiger partial charge in [-0.25, -0.2) is 4.98 Å². The number of methoxy groups -OCH3 is 1. The monoisotopic (exact) mass is 353 g/mol. The van der Waals surface area contributed by atoms with Crippen LogP contribution in [0.5, 0.6) is 5.75 Å². The van der Waals surface area contributed by atoms with Crippen LogP contribution in [-0.2, 0) is 4.79 Å². The predicted octanol–water partition coefficient (Wildman–Crippen LogP) is 3.02. The van der Waals surface area contributed by atoms with Crippen LogP contribution in [0.15, 0.2) is 48.7 Å². The molecule has 1 aromatic heterocycles. The second-order valence-electron chi connectivity index (χ2n) is 6.46. The van der Waals surface area contributed by atoms with Crippen LogP contribution in [-0.4, -0.2) is 29.9 Å². The number of hydrogen-bond donors (Lipinski definition) is 2. The van der Waals surface area contributed by atoms with Crippen LogP contribution >= 0.6 is 0 Å². The summed E-state index contributed by atoms with van der Waals surface area (Å²) in [5.41, 5.74) is 0.583. The number of benzene rings is 1. The van der Waals surface area contributed by atoms with Crippen LogP contribution in [0.2, 0.25) is 0 Å². The zero-order valence-electron chi connectivity index (χ0n) is 14.8. The van der Waals surface area contributed by atoms with Crippen LogP contribution in [0.4, 0.5) is 5.82 Å². The Morgan fingerprint density at radius 1 is 1.08 bits per heavy atom. The van der Waals surface area contributed by atoms with E-state index in [1.165, 1.54) is 0 Å². The number of rotatable bonds is 5. The minimum absolute atomic E-state index is 0.00118. The lowest BCUT2D eigenvalue weighted by Gasteiger charge is -2.28. The molecule has 2 amide bonds. The molecule has 6 nitrogen and oxygen atoms in total. The number of amides is 2. The Bertz CT molecular complexity index is 756. The number of anilines is 1. The van der Waals surface area contributed by atoms with Crippen molar-refractivity contribution in [2.75, 3.05) is 12.4 Å². The highest BCUT2D eigenvalue weighted by atomic mass is 16.5. The van der Waals surface area contributed by atoms with E-state index in [0.29, 0.717) is 17.1 Å². The molecule has 0 atom stereocenters. The summed E-state index contributed by atoms with van der Waals surface area (Å²) in [5.74, 6) is 1.09. The maximum atomic E-state index is 12.4. The summed E-state index contributed by atoms with van der Waals surface area (Å²) in [7, 11) is 1.58. The average molecular weight is 353 g/mol. The SMILES string of the molecule is COc1cccc(C(=O)NC2CCC(C(=O)Nc3ccccn3)CC2)c1. The Hall–Kier alpha value is -2.89. The molecule has 0 spiro atoms. The van der Waals surface area contributed by atoms with Gasteiger partial charge in [0.2, 0.25) is 5.91 Å². The second kappa shape index (κ2) is 8.47. The van der Waals surface area contributed by atoms with E-state index in [1.54, 1.807) is 37.6 Å². The van der Waals surface area contributed by atoms with E-state index < -0.39 is 0 Å². The molecule has 0 saturated heterocycles. The summed E-state index contributed by atoms with van der Waals surface area (Å²) >= 11 is 0. The first-order chi connectivity index (χ1) is 12.7. The molecule has 1 fully saturated rings. The molecule has 1 aliphatic carbocycles. The molecule has 0 radical (unpaired) electrons. The molecule has 0 aliphatic heterocycles. The summed E-state index contributed by atoms with van der Waals surface area (Å²) < 4.78 is 5.15. The van der Waals surface area contributed by atoms with Gasteiger partial charge in [0.25, 0.3) is 5.91 Å². The molecule has 1 saturated carbocycles. The Morgan fingerprint density at radius 3 is 2.58 bits per heavy atom. The quantitative estimate of drug-likeness (QED) is 0.866. The van der Waals surface area contributed by atoms with Gasteiger partial charge in [0.05, 0.1) is 7.11 Å². The summed E-state index contributed by atoms with van der Waals surface area (Å²) in [5, 5.41) is 5.91. The highest BCUT2D eigenvalue weighted by Gasteiger charge is 2.27. The third-order valence-corrected chi connectivity index (χ3v) is 4.68. The van der Waals surface area contributed by atoms with Crippen LogP contribution in [0.3, 0.4) is 0 Å². The fourth-order valence-electron chi connectivity index (χ4n) is 3.20. The second-order valence-corrected chi connectivity index (χ2v) is 6.46. The molecule has 3 rings (SSSR count). The van der Waals surface area contributed by atoms with Crippen LogP contribution in [0.1, 0.15) is 36.0 Å². The number of hydrogen-bond acceptors (Lipinski definition) is 4. The topological polar surface area (TPSA) is 80.3 Å². The molecule has 26 heavy (non-hydrogen) atoms. The van der Waals surface area contributed by atoms with Crippen molar-refractivity contribution in [3.8, 4) is 5.75 Å². The number of pyridine rings is 1. The molecular weight excluding hydrogens is 330 g/mol. The van der Waals surface area contributed by atoms with E-state index in [9.17, 15) is 9.59 Å². The van der Waals surface area contributed by atoms with Gasteiger partial charge in [-0.2, -0.15) is 0 Å². The van der Waals surface area contributed by atoms with Crippen LogP contribution in [0, 0.1) is 5.92 Å². The molecule has 0 unspecified atom stereocenters. The van der Waals surface area contributed by atoms with Crippen molar-refractivity contribution in [1.29, 1.82) is 0 Å². The summed E-state index contributed by atoms with van der Waals surface area (Å²) in [6.45, 7) is 0. The van der Waals surface area contributed by atoms with Gasteiger partial charge in [0.1, 0.15) is 11.6 Å². The lowest BCUT2D eigenvalue weighted by molar-refractivity contribution is -0.120. The lowest BCUT2D eigenvalue weighted by Crippen LogP contribution is -2.39. The van der Waals surface area contributed by atoms with E-state index in [0.717, 1.165) is 25.7 Å². The van der Waals surface area contributed by atoms with Gasteiger partial charge >= 0.3 is 0 Å². The Morgan fingerprint density at radius 2 is 1.88 bits per heavy atom. The highest BCUT2D eigenvalue weighted by molar-refractivity contribution is 5.95. The van der Waals surface area contributed by atoms with E-state index in [-0.39, 0.29) is 23.8 Å². The van der Waals surface area contributed by atoms with Crippen molar-refractivity contribution in [2.45, 2.75) is 31.7 Å². The number of carbonyl (C=O) groups is 2. The van der Waals surface area contributed by atoms with Gasteiger partial charge in [-0.3, -0.25) is 9.59 Å². The first kappa shape index (κ1) is 17.9. The van der Waals surface area contributed by atoms with Crippen LogP contribution in [0.25, 0.3) is 0 Å². The number of carbonyl (C=O) groups excluding carboxylic acids is 2. The molecule has 2 N–H and O–H groups in total. The maximum absolute atomic E-state index is 12.4. The number of nitrogens with zero attached hydrogens (tertiary/aromatic N) is 1. The van der Waals surface area contributed by atoms with Crippen molar-refractivity contribution in [3.05, 3.63) is 54.2 Å². The van der Waals surface area contributed by atoms with Gasteiger partial charge in [-0.1, -0.05) is 12.1 Å². The Kier molecular flexibility index (Phi) is 5.84. The third kappa shape index (κ3) is 4.59. The summed E-state index contributed by atoms with van der Waals surface area (Å²) in [6.07, 6.45) is 4.73. The minimum atomic E-state index is -0.106. The Labute approximate surface area is 153 Å². The van der Waals surface area contributed by atoms with Gasteiger partial charge < -0.3 is 15.4 Å². The maximum Gasteiger partial charge on any atom is 0.251 e. The van der Waals surface area contributed by atoms with Gasteiger partial charge in [0, 0.05) is 23.7 Å². The smallest absolute Gasteiger partial charge is 0.251 e. The fourth-order valence-corrected chi connectivity index (χ4v) is 3.20. The van der Waals surface area contributed by atoms with Gasteiger partial charge in [-0.15, -0.1) is 0 Å². The number of aromatic nitrogens is 1. The summed E-state index contributed by atoms with van der Waals surface area (Å²) in [4.78, 5) is 28.8. The predicted molar refractivity (Wildman–Crippen MR) is 99.1 cm³/mol. The van der Waals surface area contributed by atoms with E-state index >= 15 is 0 Å². The third-order valence-electron chi connectivity index (χ3n) is 4.68. The lowest BCUT2D eigenvalue weighted by atomic mass is 9.85. The number of ether oxygens (including phenoxy) is 1. The van der Waals surface area contributed by atoms with Crippen molar-refractivity contribution in [1.82, 2.24) is 10.3 Å².